The van der Waals surface area contributed by atoms with Crippen molar-refractivity contribution in [1.82, 2.24) is 9.55 Å². The van der Waals surface area contributed by atoms with Crippen LogP contribution >= 0.6 is 35.1 Å². The third-order valence-electron chi connectivity index (χ3n) is 3.74. The molecule has 0 radical (unpaired) electrons. The Hall–Kier alpha value is -1.43. The molecular weight excluding hydrogens is 360 g/mol. The van der Waals surface area contributed by atoms with Crippen molar-refractivity contribution in [3.8, 4) is 5.69 Å². The van der Waals surface area contributed by atoms with Gasteiger partial charge in [-0.1, -0.05) is 41.6 Å². The van der Waals surface area contributed by atoms with Crippen molar-refractivity contribution < 1.29 is 0 Å². The van der Waals surface area contributed by atoms with Crippen LogP contribution in [0.3, 0.4) is 0 Å². The van der Waals surface area contributed by atoms with E-state index in [9.17, 15) is 4.79 Å². The Bertz CT molecular complexity index is 940. The number of halogens is 1. The summed E-state index contributed by atoms with van der Waals surface area (Å²) in [5.74, 6) is 1.90. The van der Waals surface area contributed by atoms with Gasteiger partial charge in [0.25, 0.3) is 5.56 Å². The minimum absolute atomic E-state index is 0.0578. The van der Waals surface area contributed by atoms with Gasteiger partial charge in [-0.15, -0.1) is 0 Å². The van der Waals surface area contributed by atoms with Gasteiger partial charge in [0, 0.05) is 16.5 Å². The molecule has 124 valence electrons. The molecule has 0 spiro atoms. The molecule has 0 unspecified atom stereocenters. The van der Waals surface area contributed by atoms with Crippen LogP contribution < -0.4 is 5.56 Å². The van der Waals surface area contributed by atoms with E-state index in [-0.39, 0.29) is 5.56 Å². The molecule has 0 aliphatic heterocycles. The fraction of sp³-hybridized carbons (Fsp3) is 0.222. The van der Waals surface area contributed by atoms with Crippen LogP contribution in [0.15, 0.2) is 52.4 Å². The number of hydrogen-bond acceptors (Lipinski definition) is 4. The zero-order valence-corrected chi connectivity index (χ0v) is 15.8. The highest BCUT2D eigenvalue weighted by Gasteiger charge is 2.15. The van der Waals surface area contributed by atoms with E-state index in [1.165, 1.54) is 0 Å². The third-order valence-corrected chi connectivity index (χ3v) is 5.96. The number of rotatable bonds is 5. The van der Waals surface area contributed by atoms with Crippen molar-refractivity contribution in [1.29, 1.82) is 0 Å². The Morgan fingerprint density at radius 2 is 1.92 bits per heavy atom. The predicted molar refractivity (Wildman–Crippen MR) is 106 cm³/mol. The summed E-state index contributed by atoms with van der Waals surface area (Å²) in [6.07, 6.45) is 2.07. The van der Waals surface area contributed by atoms with Gasteiger partial charge >= 0.3 is 0 Å². The summed E-state index contributed by atoms with van der Waals surface area (Å²) in [4.78, 5) is 17.8. The summed E-state index contributed by atoms with van der Waals surface area (Å²) < 4.78 is 1.69. The first-order chi connectivity index (χ1) is 11.6. The molecule has 0 aliphatic carbocycles. The van der Waals surface area contributed by atoms with Crippen molar-refractivity contribution in [3.63, 3.8) is 0 Å². The second kappa shape index (κ2) is 7.64. The number of fused-ring (bicyclic) bond motifs is 1. The van der Waals surface area contributed by atoms with E-state index in [2.05, 4.69) is 6.26 Å². The molecule has 3 aromatic rings. The fourth-order valence-corrected chi connectivity index (χ4v) is 4.30. The lowest BCUT2D eigenvalue weighted by atomic mass is 10.2. The Kier molecular flexibility index (Phi) is 5.54. The second-order valence-electron chi connectivity index (χ2n) is 5.28. The van der Waals surface area contributed by atoms with Crippen molar-refractivity contribution >= 4 is 46.0 Å². The van der Waals surface area contributed by atoms with Crippen LogP contribution in [-0.4, -0.2) is 27.3 Å². The minimum atomic E-state index is -0.0578. The lowest BCUT2D eigenvalue weighted by Crippen LogP contribution is -2.22. The van der Waals surface area contributed by atoms with E-state index in [0.717, 1.165) is 28.3 Å². The highest BCUT2D eigenvalue weighted by molar-refractivity contribution is 8.02. The van der Waals surface area contributed by atoms with Crippen LogP contribution in [0.4, 0.5) is 0 Å². The highest BCUT2D eigenvalue weighted by atomic mass is 35.5. The molecule has 0 N–H and O–H groups in total. The molecule has 6 heteroatoms. The van der Waals surface area contributed by atoms with E-state index in [1.54, 1.807) is 28.1 Å². The number of hydrogen-bond donors (Lipinski definition) is 0. The average Bonchev–Trinajstić information content (AvgIpc) is 2.59. The molecule has 24 heavy (non-hydrogen) atoms. The molecule has 1 aromatic heterocycles. The van der Waals surface area contributed by atoms with Crippen LogP contribution in [0.25, 0.3) is 16.6 Å². The normalized spacial score (nSPS) is 11.1. The molecule has 3 nitrogen and oxygen atoms in total. The predicted octanol–water partition coefficient (Wildman–Crippen LogP) is 4.80. The lowest BCUT2D eigenvalue weighted by Gasteiger charge is -2.15. The molecule has 0 saturated carbocycles. The van der Waals surface area contributed by atoms with Gasteiger partial charge in [-0.25, -0.2) is 4.98 Å². The maximum Gasteiger partial charge on any atom is 0.266 e. The molecule has 3 rings (SSSR count). The quantitative estimate of drug-likeness (QED) is 0.364. The number of para-hydroxylation sites is 1. The standard InChI is InChI=1S/C18H17ClN2OS2/c1-12-14(19)7-5-9-16(12)21-17(22)13-6-3-4-8-15(13)20-18(21)24-11-10-23-2/h3-9H,10-11H2,1-2H3. The second-order valence-corrected chi connectivity index (χ2v) is 7.73. The first-order valence-corrected chi connectivity index (χ1v) is 10.3. The minimum Gasteiger partial charge on any atom is -0.268 e. The first-order valence-electron chi connectivity index (χ1n) is 7.52. The molecule has 2 aromatic carbocycles. The maximum absolute atomic E-state index is 13.1. The Labute approximate surface area is 154 Å². The van der Waals surface area contributed by atoms with Gasteiger partial charge in [-0.05, 0) is 43.0 Å². The number of benzene rings is 2. The Morgan fingerprint density at radius 1 is 1.12 bits per heavy atom. The summed E-state index contributed by atoms with van der Waals surface area (Å²) in [5.41, 5.74) is 2.34. The fourth-order valence-electron chi connectivity index (χ4n) is 2.48. The van der Waals surface area contributed by atoms with Crippen LogP contribution in [0.2, 0.25) is 5.02 Å². The van der Waals surface area contributed by atoms with Crippen molar-refractivity contribution in [2.24, 2.45) is 0 Å². The molecule has 0 fully saturated rings. The Morgan fingerprint density at radius 3 is 2.71 bits per heavy atom. The van der Waals surface area contributed by atoms with Gasteiger partial charge in [0.2, 0.25) is 0 Å². The lowest BCUT2D eigenvalue weighted by molar-refractivity contribution is 0.815. The molecule has 0 amide bonds. The van der Waals surface area contributed by atoms with Crippen LogP contribution in [0.1, 0.15) is 5.56 Å². The summed E-state index contributed by atoms with van der Waals surface area (Å²) in [6.45, 7) is 1.93. The molecule has 1 heterocycles. The smallest absolute Gasteiger partial charge is 0.266 e. The van der Waals surface area contributed by atoms with Crippen LogP contribution in [0, 0.1) is 6.92 Å². The van der Waals surface area contributed by atoms with Crippen LogP contribution in [-0.2, 0) is 0 Å². The zero-order chi connectivity index (χ0) is 17.1. The average molecular weight is 377 g/mol. The van der Waals surface area contributed by atoms with Crippen molar-refractivity contribution in [2.45, 2.75) is 12.1 Å². The summed E-state index contributed by atoms with van der Waals surface area (Å²) in [5, 5.41) is 1.97. The van der Waals surface area contributed by atoms with Crippen molar-refractivity contribution in [2.75, 3.05) is 17.8 Å². The summed E-state index contributed by atoms with van der Waals surface area (Å²) >= 11 is 9.64. The molecule has 0 atom stereocenters. The summed E-state index contributed by atoms with van der Waals surface area (Å²) in [6, 6.07) is 13.1. The zero-order valence-electron chi connectivity index (χ0n) is 13.5. The molecular formula is C18H17ClN2OS2. The van der Waals surface area contributed by atoms with Gasteiger partial charge in [0.15, 0.2) is 5.16 Å². The van der Waals surface area contributed by atoms with E-state index >= 15 is 0 Å². The summed E-state index contributed by atoms with van der Waals surface area (Å²) in [7, 11) is 0. The topological polar surface area (TPSA) is 34.9 Å². The van der Waals surface area contributed by atoms with Gasteiger partial charge in [0.1, 0.15) is 0 Å². The largest absolute Gasteiger partial charge is 0.268 e. The van der Waals surface area contributed by atoms with Gasteiger partial charge in [-0.2, -0.15) is 11.8 Å². The number of thioether (sulfide) groups is 2. The van der Waals surface area contributed by atoms with E-state index in [0.29, 0.717) is 15.6 Å². The first kappa shape index (κ1) is 17.4. The Balaban J connectivity index is 2.27. The number of nitrogens with zero attached hydrogens (tertiary/aromatic N) is 2. The van der Waals surface area contributed by atoms with E-state index in [1.807, 2.05) is 49.4 Å². The number of aromatic nitrogens is 2. The van der Waals surface area contributed by atoms with E-state index < -0.39 is 0 Å². The highest BCUT2D eigenvalue weighted by Crippen LogP contribution is 2.26. The molecule has 0 bridgehead atoms. The van der Waals surface area contributed by atoms with Gasteiger partial charge < -0.3 is 0 Å². The van der Waals surface area contributed by atoms with E-state index in [4.69, 9.17) is 16.6 Å². The molecule has 0 aliphatic rings. The SMILES string of the molecule is CSCCSc1nc2ccccc2c(=O)n1-c1cccc(Cl)c1C. The monoisotopic (exact) mass is 376 g/mol. The van der Waals surface area contributed by atoms with Crippen LogP contribution in [0.5, 0.6) is 0 Å². The third kappa shape index (κ3) is 3.34. The maximum atomic E-state index is 13.1. The van der Waals surface area contributed by atoms with Gasteiger partial charge in [-0.3, -0.25) is 9.36 Å². The van der Waals surface area contributed by atoms with Crippen molar-refractivity contribution in [3.05, 3.63) is 63.4 Å². The molecule has 0 saturated heterocycles. The van der Waals surface area contributed by atoms with Gasteiger partial charge in [0.05, 0.1) is 16.6 Å².